The van der Waals surface area contributed by atoms with Gasteiger partial charge in [-0.3, -0.25) is 4.99 Å². The van der Waals surface area contributed by atoms with Crippen molar-refractivity contribution < 1.29 is 9.90 Å². The van der Waals surface area contributed by atoms with E-state index in [1.54, 1.807) is 12.1 Å². The van der Waals surface area contributed by atoms with Crippen LogP contribution in [0.4, 0.5) is 0 Å². The van der Waals surface area contributed by atoms with E-state index in [0.29, 0.717) is 6.42 Å². The number of nitrogens with zero attached hydrogens (tertiary/aromatic N) is 1. The van der Waals surface area contributed by atoms with E-state index in [0.717, 1.165) is 34.4 Å². The average Bonchev–Trinajstić information content (AvgIpc) is 3.25. The highest BCUT2D eigenvalue weighted by atomic mass is 16.4. The lowest BCUT2D eigenvalue weighted by atomic mass is 9.98. The van der Waals surface area contributed by atoms with Crippen molar-refractivity contribution in [3.8, 4) is 11.8 Å². The zero-order chi connectivity index (χ0) is 20.1. The van der Waals surface area contributed by atoms with Crippen LogP contribution >= 0.6 is 0 Å². The van der Waals surface area contributed by atoms with E-state index in [1.807, 2.05) is 54.7 Å². The number of aliphatic imine (C=N–C) groups is 1. The number of carbonyl (C=O) groups is 1. The molecule has 0 radical (unpaired) electrons. The van der Waals surface area contributed by atoms with E-state index < -0.39 is 5.97 Å². The van der Waals surface area contributed by atoms with Crippen LogP contribution in [0.5, 0.6) is 0 Å². The second kappa shape index (κ2) is 8.41. The normalized spacial score (nSPS) is 12.6. The van der Waals surface area contributed by atoms with Gasteiger partial charge < -0.3 is 5.11 Å². The van der Waals surface area contributed by atoms with Crippen molar-refractivity contribution in [3.63, 3.8) is 0 Å². The third-order valence-corrected chi connectivity index (χ3v) is 4.80. The molecule has 0 spiro atoms. The summed E-state index contributed by atoms with van der Waals surface area (Å²) in [6, 6.07) is 25.3. The van der Waals surface area contributed by atoms with E-state index in [1.165, 1.54) is 5.56 Å². The third kappa shape index (κ3) is 4.51. The number of carboxylic acids is 1. The molecule has 0 amide bonds. The lowest BCUT2D eigenvalue weighted by Gasteiger charge is -2.05. The van der Waals surface area contributed by atoms with Gasteiger partial charge in [-0.05, 0) is 46.5 Å². The molecular weight excluding hydrogens is 358 g/mol. The molecule has 0 saturated carbocycles. The summed E-state index contributed by atoms with van der Waals surface area (Å²) in [6.45, 7) is 0. The van der Waals surface area contributed by atoms with E-state index in [9.17, 15) is 4.79 Å². The van der Waals surface area contributed by atoms with Crippen LogP contribution in [0.3, 0.4) is 0 Å². The van der Waals surface area contributed by atoms with E-state index >= 15 is 0 Å². The first kappa shape index (κ1) is 18.5. The molecule has 0 aliphatic carbocycles. The first-order valence-corrected chi connectivity index (χ1v) is 9.42. The van der Waals surface area contributed by atoms with Crippen LogP contribution in [0.1, 0.15) is 39.0 Å². The van der Waals surface area contributed by atoms with Crippen molar-refractivity contribution in [1.29, 1.82) is 0 Å². The molecule has 0 aromatic heterocycles. The number of hydrogen-bond donors (Lipinski definition) is 1. The Hall–Kier alpha value is -3.90. The predicted molar refractivity (Wildman–Crippen MR) is 116 cm³/mol. The minimum Gasteiger partial charge on any atom is -0.478 e. The van der Waals surface area contributed by atoms with Gasteiger partial charge in [0.25, 0.3) is 0 Å². The molecule has 1 N–H and O–H groups in total. The third-order valence-electron chi connectivity index (χ3n) is 4.80. The maximum atomic E-state index is 11.0. The fourth-order valence-corrected chi connectivity index (χ4v) is 3.23. The second-order valence-corrected chi connectivity index (χ2v) is 6.83. The Kier molecular flexibility index (Phi) is 5.36. The molecule has 1 heterocycles. The summed E-state index contributed by atoms with van der Waals surface area (Å²) < 4.78 is 0. The Bertz CT molecular complexity index is 1160. The quantitative estimate of drug-likeness (QED) is 0.634. The summed E-state index contributed by atoms with van der Waals surface area (Å²) in [5.74, 6) is 5.56. The number of rotatable bonds is 4. The van der Waals surface area contributed by atoms with Crippen molar-refractivity contribution >= 4 is 17.3 Å². The van der Waals surface area contributed by atoms with E-state index in [-0.39, 0.29) is 5.56 Å². The Morgan fingerprint density at radius 1 is 0.931 bits per heavy atom. The maximum Gasteiger partial charge on any atom is 0.335 e. The number of carboxylic acid groups (broad SMARTS) is 1. The van der Waals surface area contributed by atoms with Crippen LogP contribution < -0.4 is 0 Å². The summed E-state index contributed by atoms with van der Waals surface area (Å²) >= 11 is 0. The molecule has 4 rings (SSSR count). The van der Waals surface area contributed by atoms with Gasteiger partial charge >= 0.3 is 5.97 Å². The highest BCUT2D eigenvalue weighted by Crippen LogP contribution is 2.26. The van der Waals surface area contributed by atoms with Crippen molar-refractivity contribution in [1.82, 2.24) is 0 Å². The molecule has 0 fully saturated rings. The summed E-state index contributed by atoms with van der Waals surface area (Å²) in [5, 5.41) is 9.04. The van der Waals surface area contributed by atoms with Crippen molar-refractivity contribution in [2.24, 2.45) is 4.99 Å². The maximum absolute atomic E-state index is 11.0. The zero-order valence-electron chi connectivity index (χ0n) is 15.8. The molecular formula is C26H19NO2. The summed E-state index contributed by atoms with van der Waals surface area (Å²) in [5.41, 5.74) is 6.60. The van der Waals surface area contributed by atoms with Gasteiger partial charge in [0.1, 0.15) is 0 Å². The van der Waals surface area contributed by atoms with E-state index in [4.69, 9.17) is 5.11 Å². The Morgan fingerprint density at radius 3 is 2.48 bits per heavy atom. The summed E-state index contributed by atoms with van der Waals surface area (Å²) in [7, 11) is 0. The van der Waals surface area contributed by atoms with Crippen LogP contribution in [0, 0.1) is 11.8 Å². The highest BCUT2D eigenvalue weighted by molar-refractivity contribution is 6.09. The van der Waals surface area contributed by atoms with Gasteiger partial charge in [-0.1, -0.05) is 66.4 Å². The number of hydrogen-bond acceptors (Lipinski definition) is 2. The van der Waals surface area contributed by atoms with Crippen LogP contribution in [0.2, 0.25) is 0 Å². The number of benzene rings is 3. The van der Waals surface area contributed by atoms with Gasteiger partial charge in [-0.25, -0.2) is 4.79 Å². The molecule has 0 unspecified atom stereocenters. The topological polar surface area (TPSA) is 49.7 Å². The predicted octanol–water partition coefficient (Wildman–Crippen LogP) is 5.21. The molecule has 0 saturated heterocycles. The lowest BCUT2D eigenvalue weighted by molar-refractivity contribution is 0.0697. The first-order chi connectivity index (χ1) is 14.2. The number of allylic oxidation sites excluding steroid dienone is 1. The van der Waals surface area contributed by atoms with Crippen molar-refractivity contribution in [2.45, 2.75) is 12.8 Å². The van der Waals surface area contributed by atoms with Crippen LogP contribution in [-0.4, -0.2) is 16.8 Å². The monoisotopic (exact) mass is 377 g/mol. The van der Waals surface area contributed by atoms with E-state index in [2.05, 4.69) is 35.0 Å². The molecule has 140 valence electrons. The fraction of sp³-hybridized carbons (Fsp3) is 0.0769. The van der Waals surface area contributed by atoms with Crippen LogP contribution in [0.25, 0.3) is 5.57 Å². The summed E-state index contributed by atoms with van der Waals surface area (Å²) in [4.78, 5) is 15.6. The van der Waals surface area contributed by atoms with Gasteiger partial charge in [0, 0.05) is 24.6 Å². The molecule has 1 aliphatic rings. The van der Waals surface area contributed by atoms with Crippen molar-refractivity contribution in [2.75, 3.05) is 0 Å². The SMILES string of the molecule is O=C(O)c1ccc(C2=CN=C(c3cccc(C#CCc4ccccc4)c3)C2)cc1. The fourth-order valence-electron chi connectivity index (χ4n) is 3.23. The number of aromatic carboxylic acids is 1. The van der Waals surface area contributed by atoms with Gasteiger partial charge in [-0.15, -0.1) is 0 Å². The minimum atomic E-state index is -0.918. The van der Waals surface area contributed by atoms with Crippen LogP contribution in [-0.2, 0) is 6.42 Å². The molecule has 3 nitrogen and oxygen atoms in total. The van der Waals surface area contributed by atoms with Gasteiger partial charge in [0.15, 0.2) is 0 Å². The molecule has 3 aromatic carbocycles. The molecule has 29 heavy (non-hydrogen) atoms. The molecule has 3 aromatic rings. The second-order valence-electron chi connectivity index (χ2n) is 6.83. The lowest BCUT2D eigenvalue weighted by Crippen LogP contribution is -1.99. The average molecular weight is 377 g/mol. The van der Waals surface area contributed by atoms with Gasteiger partial charge in [-0.2, -0.15) is 0 Å². The molecule has 0 atom stereocenters. The zero-order valence-corrected chi connectivity index (χ0v) is 15.8. The standard InChI is InChI=1S/C26H19NO2/c28-26(29)22-14-12-21(13-15-22)24-17-25(27-18-24)23-11-5-10-20(16-23)9-4-8-19-6-2-1-3-7-19/h1-3,5-7,10-16,18H,8,17H2,(H,28,29). The van der Waals surface area contributed by atoms with Crippen LogP contribution in [0.15, 0.2) is 90.1 Å². The molecule has 1 aliphatic heterocycles. The summed E-state index contributed by atoms with van der Waals surface area (Å²) in [6.07, 6.45) is 3.30. The smallest absolute Gasteiger partial charge is 0.335 e. The first-order valence-electron chi connectivity index (χ1n) is 9.42. The van der Waals surface area contributed by atoms with Gasteiger partial charge in [0.2, 0.25) is 0 Å². The molecule has 0 bridgehead atoms. The largest absolute Gasteiger partial charge is 0.478 e. The Labute approximate surface area is 170 Å². The minimum absolute atomic E-state index is 0.287. The highest BCUT2D eigenvalue weighted by Gasteiger charge is 2.14. The molecule has 3 heteroatoms. The van der Waals surface area contributed by atoms with Gasteiger partial charge in [0.05, 0.1) is 11.3 Å². The Balaban J connectivity index is 1.44. The van der Waals surface area contributed by atoms with Crippen molar-refractivity contribution in [3.05, 3.63) is 113 Å². The Morgan fingerprint density at radius 2 is 1.72 bits per heavy atom.